The number of fused-ring (bicyclic) bond motifs is 7. The molecule has 5 aliphatic heterocycles. The lowest BCUT2D eigenvalue weighted by molar-refractivity contribution is 0.107. The number of aryl methyl sites for hydroxylation is 1. The van der Waals surface area contributed by atoms with E-state index < -0.39 is 23.3 Å². The predicted molar refractivity (Wildman–Crippen MR) is 199 cm³/mol. The molecule has 0 saturated carbocycles. The highest BCUT2D eigenvalue weighted by molar-refractivity contribution is 6.18. The van der Waals surface area contributed by atoms with Gasteiger partial charge in [-0.2, -0.15) is 15.1 Å². The Morgan fingerprint density at radius 1 is 1.07 bits per heavy atom. The number of hydrogen-bond acceptors (Lipinski definition) is 9. The van der Waals surface area contributed by atoms with Gasteiger partial charge in [0.25, 0.3) is 0 Å². The molecule has 5 fully saturated rings. The van der Waals surface area contributed by atoms with Gasteiger partial charge in [-0.1, -0.05) is 12.0 Å². The van der Waals surface area contributed by atoms with Crippen LogP contribution in [0.5, 0.6) is 11.8 Å². The van der Waals surface area contributed by atoms with Crippen molar-refractivity contribution in [2.24, 2.45) is 13.0 Å². The van der Waals surface area contributed by atoms with Crippen LogP contribution in [0.25, 0.3) is 43.7 Å². The molecule has 5 aliphatic rings. The number of halogens is 3. The van der Waals surface area contributed by atoms with Crippen LogP contribution in [0.15, 0.2) is 30.5 Å². The highest BCUT2D eigenvalue weighted by atomic mass is 19.1. The molecule has 10 nitrogen and oxygen atoms in total. The normalized spacial score (nSPS) is 27.1. The second-order valence-corrected chi connectivity index (χ2v) is 16.1. The Morgan fingerprint density at radius 3 is 2.69 bits per heavy atom. The van der Waals surface area contributed by atoms with Gasteiger partial charge in [0, 0.05) is 80.9 Å². The molecule has 13 heteroatoms. The zero-order chi connectivity index (χ0) is 36.9. The van der Waals surface area contributed by atoms with Gasteiger partial charge < -0.3 is 19.5 Å². The van der Waals surface area contributed by atoms with Crippen molar-refractivity contribution in [3.63, 3.8) is 0 Å². The Balaban J connectivity index is 1.17. The SMILES string of the molecule is C#Cc1c(F)ccc2cc(O)cc(-c3c(F)c4nc(OC[C@@]56CCCN5C[C@H](F)C6)nc(N5C6CCC5CN(CC5CCOC5)C6)c4c4cn(C)nc34)c12. The van der Waals surface area contributed by atoms with Crippen molar-refractivity contribution < 1.29 is 27.8 Å². The van der Waals surface area contributed by atoms with Crippen molar-refractivity contribution in [3.05, 3.63) is 47.7 Å². The molecule has 54 heavy (non-hydrogen) atoms. The second-order valence-electron chi connectivity index (χ2n) is 16.1. The number of ether oxygens (including phenoxy) is 2. The van der Waals surface area contributed by atoms with Crippen LogP contribution in [0.4, 0.5) is 19.0 Å². The molecule has 0 amide bonds. The van der Waals surface area contributed by atoms with Crippen molar-refractivity contribution in [1.29, 1.82) is 0 Å². The number of rotatable bonds is 7. The van der Waals surface area contributed by atoms with Gasteiger partial charge in [0.15, 0.2) is 5.82 Å². The third-order valence-corrected chi connectivity index (χ3v) is 12.7. The molecule has 5 atom stereocenters. The average Bonchev–Trinajstić information content (AvgIpc) is 3.97. The number of phenolic OH excluding ortho intramolecular Hbond substituents is 1. The van der Waals surface area contributed by atoms with Crippen molar-refractivity contribution in [2.45, 2.75) is 62.3 Å². The van der Waals surface area contributed by atoms with Gasteiger partial charge in [0.2, 0.25) is 0 Å². The number of hydrogen-bond donors (Lipinski definition) is 1. The van der Waals surface area contributed by atoms with Crippen molar-refractivity contribution >= 4 is 38.4 Å². The number of piperazine rings is 1. The Hall–Kier alpha value is -4.64. The minimum absolute atomic E-state index is 0.0233. The number of phenols is 1. The fourth-order valence-corrected chi connectivity index (χ4v) is 10.4. The fourth-order valence-electron chi connectivity index (χ4n) is 10.4. The first kappa shape index (κ1) is 33.9. The molecule has 5 aromatic rings. The van der Waals surface area contributed by atoms with Gasteiger partial charge in [-0.25, -0.2) is 13.2 Å². The number of aromatic nitrogens is 4. The lowest BCUT2D eigenvalue weighted by Crippen LogP contribution is -2.55. The molecule has 3 unspecified atom stereocenters. The molecule has 5 saturated heterocycles. The van der Waals surface area contributed by atoms with Crippen LogP contribution in [-0.4, -0.2) is 111 Å². The Labute approximate surface area is 310 Å². The summed E-state index contributed by atoms with van der Waals surface area (Å²) in [6.45, 7) is 5.65. The zero-order valence-electron chi connectivity index (χ0n) is 30.2. The Morgan fingerprint density at radius 2 is 1.91 bits per heavy atom. The van der Waals surface area contributed by atoms with Crippen LogP contribution in [0.3, 0.4) is 0 Å². The van der Waals surface area contributed by atoms with Gasteiger partial charge in [0.1, 0.15) is 41.2 Å². The summed E-state index contributed by atoms with van der Waals surface area (Å²) in [7, 11) is 1.76. The zero-order valence-corrected chi connectivity index (χ0v) is 30.2. The van der Waals surface area contributed by atoms with Crippen molar-refractivity contribution in [3.8, 4) is 35.2 Å². The molecule has 0 aliphatic carbocycles. The van der Waals surface area contributed by atoms with Crippen LogP contribution < -0.4 is 9.64 Å². The van der Waals surface area contributed by atoms with Crippen molar-refractivity contribution in [2.75, 3.05) is 57.4 Å². The van der Waals surface area contributed by atoms with Gasteiger partial charge in [-0.05, 0) is 73.7 Å². The maximum atomic E-state index is 17.8. The molecule has 0 radical (unpaired) electrons. The molecule has 10 rings (SSSR count). The van der Waals surface area contributed by atoms with Crippen LogP contribution in [-0.2, 0) is 11.8 Å². The first-order valence-electron chi connectivity index (χ1n) is 19.1. The highest BCUT2D eigenvalue weighted by Crippen LogP contribution is 2.47. The number of terminal acetylenes is 1. The molecule has 3 aromatic carbocycles. The molecule has 2 aromatic heterocycles. The van der Waals surface area contributed by atoms with E-state index in [4.69, 9.17) is 31.0 Å². The molecule has 2 bridgehead atoms. The number of anilines is 1. The molecular weight excluding hydrogens is 695 g/mol. The van der Waals surface area contributed by atoms with Crippen LogP contribution in [0.2, 0.25) is 0 Å². The summed E-state index contributed by atoms with van der Waals surface area (Å²) in [5.74, 6) is 2.08. The smallest absolute Gasteiger partial charge is 0.319 e. The fraction of sp³-hybridized carbons (Fsp3) is 0.488. The summed E-state index contributed by atoms with van der Waals surface area (Å²) < 4.78 is 61.6. The van der Waals surface area contributed by atoms with E-state index in [2.05, 4.69) is 20.6 Å². The number of alkyl halides is 1. The number of nitrogens with zero attached hydrogens (tertiary/aromatic N) is 7. The van der Waals surface area contributed by atoms with E-state index in [9.17, 15) is 9.50 Å². The van der Waals surface area contributed by atoms with E-state index in [1.807, 2.05) is 6.20 Å². The lowest BCUT2D eigenvalue weighted by Gasteiger charge is -2.43. The maximum Gasteiger partial charge on any atom is 0.319 e. The summed E-state index contributed by atoms with van der Waals surface area (Å²) in [4.78, 5) is 17.0. The standard InChI is InChI=1S/C41H42F3N7O3/c1-3-29-32(43)8-5-24-13-28(52)14-30(33(24)29)34-36(44)38-35(31-20-48(2)47-37(31)34)39(46-40(45-38)54-22-41-10-4-11-50(41)17-25(42)15-41)51-26-6-7-27(51)19-49(18-26)16-23-9-12-53-21-23/h1,5,8,13-14,20,23,25-27,52H,4,6-7,9-12,15-19,21-22H2,2H3/t23?,25-,26?,27?,41+/m1/s1. The third kappa shape index (κ3) is 5.32. The van der Waals surface area contributed by atoms with E-state index >= 15 is 8.78 Å². The molecule has 280 valence electrons. The molecular formula is C41H42F3N7O3. The highest BCUT2D eigenvalue weighted by Gasteiger charge is 2.50. The Bertz CT molecular complexity index is 2360. The van der Waals surface area contributed by atoms with Gasteiger partial charge in [0.05, 0.1) is 23.1 Å². The van der Waals surface area contributed by atoms with Gasteiger partial charge in [-0.15, -0.1) is 6.42 Å². The minimum Gasteiger partial charge on any atom is -0.508 e. The van der Waals surface area contributed by atoms with E-state index in [0.717, 1.165) is 71.5 Å². The average molecular weight is 738 g/mol. The molecule has 7 heterocycles. The molecule has 0 spiro atoms. The second kappa shape index (κ2) is 12.7. The van der Waals surface area contributed by atoms with E-state index in [-0.39, 0.29) is 58.0 Å². The Kier molecular flexibility index (Phi) is 7.98. The van der Waals surface area contributed by atoms with E-state index in [1.165, 1.54) is 24.3 Å². The van der Waals surface area contributed by atoms with E-state index in [0.29, 0.717) is 46.4 Å². The summed E-state index contributed by atoms with van der Waals surface area (Å²) in [5, 5.41) is 17.5. The lowest BCUT2D eigenvalue weighted by atomic mass is 9.91. The van der Waals surface area contributed by atoms with E-state index in [1.54, 1.807) is 11.7 Å². The third-order valence-electron chi connectivity index (χ3n) is 12.7. The van der Waals surface area contributed by atoms with Crippen LogP contribution in [0, 0.1) is 29.9 Å². The number of likely N-dealkylation sites (tertiary alicyclic amines) is 1. The molecule has 1 N–H and O–H groups in total. The monoisotopic (exact) mass is 737 g/mol. The number of aromatic hydroxyl groups is 1. The van der Waals surface area contributed by atoms with Gasteiger partial charge >= 0.3 is 6.01 Å². The first-order chi connectivity index (χ1) is 26.2. The maximum absolute atomic E-state index is 17.8. The van der Waals surface area contributed by atoms with Crippen LogP contribution in [0.1, 0.15) is 44.1 Å². The minimum atomic E-state index is -0.932. The topological polar surface area (TPSA) is 92.0 Å². The predicted octanol–water partition coefficient (Wildman–Crippen LogP) is 5.95. The summed E-state index contributed by atoms with van der Waals surface area (Å²) >= 11 is 0. The summed E-state index contributed by atoms with van der Waals surface area (Å²) in [6, 6.07) is 5.93. The van der Waals surface area contributed by atoms with Crippen LogP contribution >= 0.6 is 0 Å². The van der Waals surface area contributed by atoms with Crippen molar-refractivity contribution in [1.82, 2.24) is 29.5 Å². The largest absolute Gasteiger partial charge is 0.508 e. The summed E-state index contributed by atoms with van der Waals surface area (Å²) in [6.07, 6.45) is 11.9. The van der Waals surface area contributed by atoms with Gasteiger partial charge in [-0.3, -0.25) is 14.5 Å². The number of benzene rings is 3. The summed E-state index contributed by atoms with van der Waals surface area (Å²) in [5.41, 5.74) is 0.0851. The first-order valence-corrected chi connectivity index (χ1v) is 19.1. The quantitative estimate of drug-likeness (QED) is 0.204.